The predicted octanol–water partition coefficient (Wildman–Crippen LogP) is 7.88. The third kappa shape index (κ3) is 34.7. The summed E-state index contributed by atoms with van der Waals surface area (Å²) in [6.07, 6.45) is 29.7. The van der Waals surface area contributed by atoms with Crippen molar-refractivity contribution in [1.82, 2.24) is 0 Å². The number of carbonyl (C=O) groups excluding carboxylic acids is 2. The molecule has 12 nitrogen and oxygen atoms in total. The van der Waals surface area contributed by atoms with E-state index < -0.39 is 61.1 Å². The van der Waals surface area contributed by atoms with Crippen LogP contribution in [-0.4, -0.2) is 124 Å². The smallest absolute Gasteiger partial charge is 0.391 e. The fourth-order valence-electron chi connectivity index (χ4n) is 8.05. The minimum atomic E-state index is -1.21. The second-order valence-corrected chi connectivity index (χ2v) is 22.5. The van der Waals surface area contributed by atoms with E-state index in [9.17, 15) is 24.9 Å². The van der Waals surface area contributed by atoms with E-state index in [1.807, 2.05) is 27.7 Å². The number of rotatable bonds is 45. The molecule has 1 heterocycles. The number of hydrogen-bond acceptors (Lipinski definition) is 12. The first-order chi connectivity index (χ1) is 32.4. The molecular formula is C54H100IO12-. The molecule has 0 aromatic rings. The van der Waals surface area contributed by atoms with Gasteiger partial charge in [-0.05, 0) is 46.0 Å². The van der Waals surface area contributed by atoms with Crippen LogP contribution >= 0.6 is 0 Å². The van der Waals surface area contributed by atoms with Gasteiger partial charge in [0, 0.05) is 6.42 Å². The number of methoxy groups -OCH3 is 1. The first-order valence-corrected chi connectivity index (χ1v) is 29.7. The van der Waals surface area contributed by atoms with Crippen LogP contribution in [0.15, 0.2) is 24.3 Å². The molecule has 0 amide bonds. The number of alkyl halides is 2. The van der Waals surface area contributed by atoms with Gasteiger partial charge in [0.15, 0.2) is 0 Å². The van der Waals surface area contributed by atoms with E-state index in [-0.39, 0.29) is 72.4 Å². The van der Waals surface area contributed by atoms with Crippen molar-refractivity contribution in [2.75, 3.05) is 42.4 Å². The Morgan fingerprint density at radius 3 is 1.73 bits per heavy atom. The Kier molecular flexibility index (Phi) is 40.5. The molecule has 0 saturated carbocycles. The molecule has 0 aliphatic carbocycles. The van der Waals surface area contributed by atoms with Gasteiger partial charge in [-0.25, -0.2) is 0 Å². The summed E-state index contributed by atoms with van der Waals surface area (Å²) in [5, 5.41) is 31.0. The predicted molar refractivity (Wildman–Crippen MR) is 265 cm³/mol. The zero-order valence-corrected chi connectivity index (χ0v) is 45.6. The van der Waals surface area contributed by atoms with Crippen molar-refractivity contribution >= 4 is 11.9 Å². The van der Waals surface area contributed by atoms with Gasteiger partial charge in [0.05, 0.1) is 18.8 Å². The first kappa shape index (κ1) is 63.8. The Morgan fingerprint density at radius 1 is 0.657 bits per heavy atom. The second kappa shape index (κ2) is 42.5. The summed E-state index contributed by atoms with van der Waals surface area (Å²) in [5.74, 6) is -0.792. The number of unbranched alkanes of at least 4 members (excludes halogenated alkanes) is 18. The molecule has 1 rings (SSSR count). The van der Waals surface area contributed by atoms with Crippen molar-refractivity contribution in [3.05, 3.63) is 24.3 Å². The first-order valence-electron chi connectivity index (χ1n) is 26.6. The normalized spacial score (nSPS) is 20.1. The number of carbonyl (C=O) groups is 2. The Balaban J connectivity index is 2.86. The van der Waals surface area contributed by atoms with E-state index in [1.54, 1.807) is 0 Å². The molecule has 1 fully saturated rings. The topological polar surface area (TPSA) is 159 Å². The number of esters is 2. The van der Waals surface area contributed by atoms with E-state index >= 15 is 0 Å². The summed E-state index contributed by atoms with van der Waals surface area (Å²) >= 11 is 0.0100. The Hall–Kier alpha value is -1.17. The SMILES string of the molecule is CCCCCCCC/C=C\CCCCCCCC(=O)OC1C(OC)OC(COC(=O)CCC[I-]CCC/C=C\CCCCCCCC)C(OCC(O)CO)C1OC(C)(C)CC(O)COC(C)C. The Morgan fingerprint density at radius 2 is 1.18 bits per heavy atom. The summed E-state index contributed by atoms with van der Waals surface area (Å²) < 4.78 is 44.9. The van der Waals surface area contributed by atoms with Crippen molar-refractivity contribution < 1.29 is 79.3 Å². The molecule has 0 bridgehead atoms. The van der Waals surface area contributed by atoms with Crippen LogP contribution in [-0.2, 0) is 42.7 Å². The molecule has 7 unspecified atom stereocenters. The van der Waals surface area contributed by atoms with E-state index in [4.69, 9.17) is 33.2 Å². The van der Waals surface area contributed by atoms with Gasteiger partial charge in [-0.1, -0.05) is 77.4 Å². The van der Waals surface area contributed by atoms with Gasteiger partial charge >= 0.3 is 253 Å². The number of ether oxygens (including phenoxy) is 7. The monoisotopic (exact) mass is 1070 g/mol. The summed E-state index contributed by atoms with van der Waals surface area (Å²) in [7, 11) is 1.44. The maximum absolute atomic E-state index is 13.5. The van der Waals surface area contributed by atoms with Gasteiger partial charge in [0.2, 0.25) is 0 Å². The standard InChI is InChI=1S/C54H100IO12/c1-8-10-12-14-16-18-20-21-22-23-24-26-28-30-32-35-49(60)66-52-51(67-54(5,6)39-45(57)41-62-44(3)4)50(64-42-46(58)40-56)47(65-53(52)61-7)43-63-48(59)36-34-38-55-37-33-31-29-27-25-19-17-15-13-11-9-2/h21-22,27,29,44-47,50-53,56-58H,8-20,23-26,28,30-43H2,1-7H3/q-1/b22-21-,29-27-. The van der Waals surface area contributed by atoms with Crippen LogP contribution in [0.3, 0.4) is 0 Å². The fraction of sp³-hybridized carbons (Fsp3) is 0.889. The molecule has 1 aliphatic rings. The van der Waals surface area contributed by atoms with Gasteiger partial charge in [-0.3, -0.25) is 4.79 Å². The number of allylic oxidation sites excluding steroid dienone is 4. The van der Waals surface area contributed by atoms with Crippen LogP contribution in [0.1, 0.15) is 208 Å². The molecule has 0 radical (unpaired) electrons. The van der Waals surface area contributed by atoms with Crippen molar-refractivity contribution in [3.63, 3.8) is 0 Å². The van der Waals surface area contributed by atoms with Gasteiger partial charge in [-0.2, -0.15) is 0 Å². The van der Waals surface area contributed by atoms with Gasteiger partial charge in [-0.15, -0.1) is 0 Å². The van der Waals surface area contributed by atoms with Crippen LogP contribution in [0.4, 0.5) is 0 Å². The van der Waals surface area contributed by atoms with Crippen molar-refractivity contribution in [3.8, 4) is 0 Å². The number of halogens is 1. The second-order valence-electron chi connectivity index (χ2n) is 19.3. The summed E-state index contributed by atoms with van der Waals surface area (Å²) in [6.45, 7) is 11.0. The third-order valence-electron chi connectivity index (χ3n) is 11.8. The van der Waals surface area contributed by atoms with Crippen LogP contribution < -0.4 is 21.2 Å². The Labute approximate surface area is 419 Å². The van der Waals surface area contributed by atoms with Crippen molar-refractivity contribution in [1.29, 1.82) is 0 Å². The summed E-state index contributed by atoms with van der Waals surface area (Å²) in [6, 6.07) is 0. The van der Waals surface area contributed by atoms with Crippen molar-refractivity contribution in [2.45, 2.75) is 263 Å². The molecule has 0 spiro atoms. The van der Waals surface area contributed by atoms with E-state index in [0.717, 1.165) is 55.8 Å². The molecule has 67 heavy (non-hydrogen) atoms. The average molecular weight is 1070 g/mol. The molecule has 396 valence electrons. The summed E-state index contributed by atoms with van der Waals surface area (Å²) in [4.78, 5) is 26.6. The average Bonchev–Trinajstić information content (AvgIpc) is 3.29. The molecule has 3 N–H and O–H groups in total. The van der Waals surface area contributed by atoms with Gasteiger partial charge in [0.25, 0.3) is 0 Å². The molecule has 13 heteroatoms. The van der Waals surface area contributed by atoms with Gasteiger partial charge < -0.3 is 14.9 Å². The van der Waals surface area contributed by atoms with Crippen LogP contribution in [0, 0.1) is 0 Å². The molecular weight excluding hydrogens is 967 g/mol. The van der Waals surface area contributed by atoms with Gasteiger partial charge in [0.1, 0.15) is 0 Å². The number of aliphatic hydroxyl groups is 3. The zero-order chi connectivity index (χ0) is 49.4. The molecule has 1 aliphatic heterocycles. The molecule has 0 aromatic carbocycles. The van der Waals surface area contributed by atoms with E-state index in [0.29, 0.717) is 6.42 Å². The molecule has 1 saturated heterocycles. The van der Waals surface area contributed by atoms with Crippen LogP contribution in [0.25, 0.3) is 0 Å². The summed E-state index contributed by atoms with van der Waals surface area (Å²) in [5.41, 5.74) is -1.00. The maximum atomic E-state index is 13.5. The third-order valence-corrected chi connectivity index (χ3v) is 14.9. The van der Waals surface area contributed by atoms with E-state index in [2.05, 4.69) is 38.2 Å². The number of hydrogen-bond donors (Lipinski definition) is 3. The van der Waals surface area contributed by atoms with Crippen molar-refractivity contribution in [2.24, 2.45) is 0 Å². The van der Waals surface area contributed by atoms with Crippen LogP contribution in [0.2, 0.25) is 0 Å². The number of aliphatic hydroxyl groups excluding tert-OH is 3. The Bertz CT molecular complexity index is 1230. The fourth-order valence-corrected chi connectivity index (χ4v) is 10.5. The quantitative estimate of drug-likeness (QED) is 0.0178. The molecule has 0 aromatic heterocycles. The minimum Gasteiger partial charge on any atom is -0.391 e. The minimum absolute atomic E-state index is 0.0100. The van der Waals surface area contributed by atoms with Crippen LogP contribution in [0.5, 0.6) is 0 Å². The molecule has 7 atom stereocenters. The zero-order valence-electron chi connectivity index (χ0n) is 43.4. The van der Waals surface area contributed by atoms with E-state index in [1.165, 1.54) is 101 Å².